The van der Waals surface area contributed by atoms with Crippen LogP contribution >= 0.6 is 0 Å². The zero-order valence-corrected chi connectivity index (χ0v) is 14.3. The quantitative estimate of drug-likeness (QED) is 0.838. The lowest BCUT2D eigenvalue weighted by Gasteiger charge is -2.26. The third-order valence-electron chi connectivity index (χ3n) is 5.04. The van der Waals surface area contributed by atoms with Gasteiger partial charge in [0.05, 0.1) is 18.8 Å². The van der Waals surface area contributed by atoms with Crippen molar-refractivity contribution in [3.8, 4) is 0 Å². The number of aryl methyl sites for hydroxylation is 1. The maximum absolute atomic E-state index is 12.9. The minimum Gasteiger partial charge on any atom is -0.355 e. The van der Waals surface area contributed by atoms with Crippen molar-refractivity contribution >= 4 is 11.6 Å². The molecule has 0 spiro atoms. The Morgan fingerprint density at radius 3 is 2.09 bits per heavy atom. The summed E-state index contributed by atoms with van der Waals surface area (Å²) in [5.41, 5.74) is 2.93. The number of nitrogens with one attached hydrogen (secondary N) is 2. The Hall–Kier alpha value is -1.42. The number of hydrogen-bond acceptors (Lipinski definition) is 2. The Balaban J connectivity index is 2.19. The number of aromatic nitrogens is 1. The van der Waals surface area contributed by atoms with E-state index in [9.17, 15) is 9.59 Å². The monoisotopic (exact) mass is 305 g/mol. The molecule has 0 aliphatic carbocycles. The van der Waals surface area contributed by atoms with E-state index in [-0.39, 0.29) is 17.6 Å². The maximum Gasteiger partial charge on any atom is 0.235 e. The molecule has 0 radical (unpaired) electrons. The molecule has 2 rings (SSSR count). The van der Waals surface area contributed by atoms with Crippen LogP contribution in [0, 0.1) is 13.8 Å². The molecule has 0 unspecified atom stereocenters. The van der Waals surface area contributed by atoms with Crippen molar-refractivity contribution in [1.82, 2.24) is 4.98 Å². The molecule has 4 nitrogen and oxygen atoms in total. The van der Waals surface area contributed by atoms with Crippen molar-refractivity contribution in [1.29, 1.82) is 0 Å². The number of ketones is 2. The van der Waals surface area contributed by atoms with Crippen LogP contribution in [-0.2, 0) is 0 Å². The van der Waals surface area contributed by atoms with Gasteiger partial charge in [0.1, 0.15) is 6.04 Å². The first-order valence-corrected chi connectivity index (χ1v) is 8.52. The lowest BCUT2D eigenvalue weighted by atomic mass is 10.0. The van der Waals surface area contributed by atoms with Gasteiger partial charge in [-0.05, 0) is 58.9 Å². The summed E-state index contributed by atoms with van der Waals surface area (Å²) in [5.74, 6) is 0.167. The zero-order valence-electron chi connectivity index (χ0n) is 14.3. The van der Waals surface area contributed by atoms with Crippen LogP contribution in [0.2, 0.25) is 0 Å². The Kier molecular flexibility index (Phi) is 5.57. The van der Waals surface area contributed by atoms with Crippen LogP contribution < -0.4 is 4.90 Å². The molecule has 1 atom stereocenters. The second-order valence-corrected chi connectivity index (χ2v) is 6.69. The Morgan fingerprint density at radius 2 is 1.59 bits per heavy atom. The van der Waals surface area contributed by atoms with Gasteiger partial charge in [-0.3, -0.25) is 9.59 Å². The highest BCUT2D eigenvalue weighted by molar-refractivity contribution is 6.04. The summed E-state index contributed by atoms with van der Waals surface area (Å²) >= 11 is 0. The number of rotatable bonds is 4. The van der Waals surface area contributed by atoms with Gasteiger partial charge in [0.15, 0.2) is 5.78 Å². The summed E-state index contributed by atoms with van der Waals surface area (Å²) in [6.45, 7) is 9.49. The number of H-pyrrole nitrogens is 1. The van der Waals surface area contributed by atoms with Crippen molar-refractivity contribution in [2.75, 3.05) is 13.1 Å². The van der Waals surface area contributed by atoms with Gasteiger partial charge in [-0.2, -0.15) is 0 Å². The van der Waals surface area contributed by atoms with E-state index in [1.165, 1.54) is 37.0 Å². The van der Waals surface area contributed by atoms with Gasteiger partial charge >= 0.3 is 0 Å². The molecule has 1 aliphatic heterocycles. The summed E-state index contributed by atoms with van der Waals surface area (Å²) in [6, 6.07) is -0.0466. The van der Waals surface area contributed by atoms with Crippen LogP contribution in [0.3, 0.4) is 0 Å². The van der Waals surface area contributed by atoms with E-state index in [1.54, 1.807) is 6.92 Å². The first kappa shape index (κ1) is 16.9. The van der Waals surface area contributed by atoms with Crippen LogP contribution in [0.1, 0.15) is 78.1 Å². The number of aromatic amines is 1. The topological polar surface area (TPSA) is 54.4 Å². The van der Waals surface area contributed by atoms with Crippen LogP contribution in [0.5, 0.6) is 0 Å². The summed E-state index contributed by atoms with van der Waals surface area (Å²) in [5, 5.41) is 0. The maximum atomic E-state index is 12.9. The molecule has 4 heteroatoms. The van der Waals surface area contributed by atoms with Gasteiger partial charge in [-0.1, -0.05) is 6.42 Å². The molecule has 22 heavy (non-hydrogen) atoms. The van der Waals surface area contributed by atoms with E-state index in [0.29, 0.717) is 11.3 Å². The fourth-order valence-electron chi connectivity index (χ4n) is 3.72. The highest BCUT2D eigenvalue weighted by Crippen LogP contribution is 2.19. The number of carbonyl (C=O) groups is 2. The lowest BCUT2D eigenvalue weighted by Crippen LogP contribution is -3.16. The van der Waals surface area contributed by atoms with Crippen LogP contribution in [0.4, 0.5) is 0 Å². The van der Waals surface area contributed by atoms with Gasteiger partial charge in [0.2, 0.25) is 5.78 Å². The number of quaternary nitrogens is 1. The molecule has 122 valence electrons. The number of carbonyl (C=O) groups excluding carboxylic acids is 2. The minimum absolute atomic E-state index is 0.0246. The molecule has 2 heterocycles. The number of hydrogen-bond donors (Lipinski definition) is 2. The third kappa shape index (κ3) is 3.49. The first-order valence-electron chi connectivity index (χ1n) is 8.52. The van der Waals surface area contributed by atoms with Crippen molar-refractivity contribution in [3.05, 3.63) is 22.5 Å². The van der Waals surface area contributed by atoms with E-state index >= 15 is 0 Å². The molecule has 0 bridgehead atoms. The third-order valence-corrected chi connectivity index (χ3v) is 5.04. The highest BCUT2D eigenvalue weighted by atomic mass is 16.1. The van der Waals surface area contributed by atoms with E-state index in [0.717, 1.165) is 24.3 Å². The van der Waals surface area contributed by atoms with E-state index in [4.69, 9.17) is 0 Å². The van der Waals surface area contributed by atoms with E-state index in [1.807, 2.05) is 20.8 Å². The first-order chi connectivity index (χ1) is 10.4. The molecule has 1 aliphatic rings. The standard InChI is InChI=1S/C18H28N2O2/c1-12-16(15(4)21)13(2)19-17(12)18(22)14(3)20-10-8-6-5-7-9-11-20/h14,19H,5-11H2,1-4H3/p+1/t14-/m1/s1. The van der Waals surface area contributed by atoms with Crippen LogP contribution in [-0.4, -0.2) is 35.7 Å². The predicted molar refractivity (Wildman–Crippen MR) is 87.8 cm³/mol. The predicted octanol–water partition coefficient (Wildman–Crippen LogP) is 2.25. The van der Waals surface area contributed by atoms with Gasteiger partial charge in [-0.25, -0.2) is 0 Å². The van der Waals surface area contributed by atoms with Gasteiger partial charge in [0, 0.05) is 11.3 Å². The smallest absolute Gasteiger partial charge is 0.235 e. The fraction of sp³-hybridized carbons (Fsp3) is 0.667. The SMILES string of the molecule is CC(=O)c1c(C)[nH]c(C(=O)[C@@H](C)[NH+]2CCCCCCC2)c1C. The van der Waals surface area contributed by atoms with Crippen molar-refractivity contribution < 1.29 is 14.5 Å². The summed E-state index contributed by atoms with van der Waals surface area (Å²) < 4.78 is 0. The summed E-state index contributed by atoms with van der Waals surface area (Å²) in [7, 11) is 0. The number of Topliss-reactive ketones (excluding diaryl/α,β-unsaturated/α-hetero) is 2. The average molecular weight is 305 g/mol. The summed E-state index contributed by atoms with van der Waals surface area (Å²) in [6.07, 6.45) is 6.29. The second-order valence-electron chi connectivity index (χ2n) is 6.69. The fourth-order valence-corrected chi connectivity index (χ4v) is 3.72. The highest BCUT2D eigenvalue weighted by Gasteiger charge is 2.30. The molecule has 2 N–H and O–H groups in total. The Bertz CT molecular complexity index is 552. The van der Waals surface area contributed by atoms with Crippen molar-refractivity contribution in [2.45, 2.75) is 65.8 Å². The molecule has 1 saturated heterocycles. The molecule has 1 aromatic heterocycles. The lowest BCUT2D eigenvalue weighted by molar-refractivity contribution is -0.914. The molecule has 0 saturated carbocycles. The van der Waals surface area contributed by atoms with Crippen LogP contribution in [0.25, 0.3) is 0 Å². The van der Waals surface area contributed by atoms with Gasteiger partial charge in [0.25, 0.3) is 0 Å². The molecule has 0 amide bonds. The Labute approximate surface area is 133 Å². The van der Waals surface area contributed by atoms with E-state index in [2.05, 4.69) is 4.98 Å². The van der Waals surface area contributed by atoms with Crippen molar-refractivity contribution in [2.24, 2.45) is 0 Å². The molecular formula is C18H29N2O2+. The summed E-state index contributed by atoms with van der Waals surface area (Å²) in [4.78, 5) is 29.2. The molecule has 1 aromatic rings. The minimum atomic E-state index is -0.0466. The Morgan fingerprint density at radius 1 is 1.05 bits per heavy atom. The van der Waals surface area contributed by atoms with Gasteiger partial charge in [-0.15, -0.1) is 0 Å². The normalized spacial score (nSPS) is 18.5. The molecular weight excluding hydrogens is 276 g/mol. The van der Waals surface area contributed by atoms with Crippen molar-refractivity contribution in [3.63, 3.8) is 0 Å². The van der Waals surface area contributed by atoms with Gasteiger partial charge < -0.3 is 9.88 Å². The second kappa shape index (κ2) is 7.23. The number of likely N-dealkylation sites (tertiary alicyclic amines) is 1. The molecule has 0 aromatic carbocycles. The van der Waals surface area contributed by atoms with Crippen LogP contribution in [0.15, 0.2) is 0 Å². The zero-order chi connectivity index (χ0) is 16.3. The largest absolute Gasteiger partial charge is 0.355 e. The molecule has 1 fully saturated rings. The van der Waals surface area contributed by atoms with E-state index < -0.39 is 0 Å². The average Bonchev–Trinajstić information content (AvgIpc) is 2.72.